The molecule has 3 heterocycles. The zero-order valence-electron chi connectivity index (χ0n) is 15.0. The van der Waals surface area contributed by atoms with Crippen LogP contribution < -0.4 is 5.32 Å². The van der Waals surface area contributed by atoms with Crippen molar-refractivity contribution in [1.82, 2.24) is 15.2 Å². The lowest BCUT2D eigenvalue weighted by atomic mass is 10.0. The monoisotopic (exact) mass is 405 g/mol. The average molecular weight is 406 g/mol. The van der Waals surface area contributed by atoms with Crippen LogP contribution in [-0.2, 0) is 9.84 Å². The van der Waals surface area contributed by atoms with Crippen LogP contribution in [0.5, 0.6) is 0 Å². The minimum Gasteiger partial charge on any atom is -0.346 e. The lowest BCUT2D eigenvalue weighted by Crippen LogP contribution is -2.52. The second-order valence-corrected chi connectivity index (χ2v) is 10.4. The van der Waals surface area contributed by atoms with E-state index in [1.165, 1.54) is 17.8 Å². The highest BCUT2D eigenvalue weighted by molar-refractivity contribution is 7.91. The van der Waals surface area contributed by atoms with Crippen LogP contribution in [0.2, 0.25) is 0 Å². The summed E-state index contributed by atoms with van der Waals surface area (Å²) in [6.45, 7) is 1.82. The minimum absolute atomic E-state index is 0.0181. The molecule has 1 N–H and O–H groups in total. The summed E-state index contributed by atoms with van der Waals surface area (Å²) in [4.78, 5) is 19.8. The molecular weight excluding hydrogens is 382 g/mol. The molecule has 0 radical (unpaired) electrons. The van der Waals surface area contributed by atoms with Gasteiger partial charge in [-0.1, -0.05) is 36.8 Å². The van der Waals surface area contributed by atoms with E-state index in [-0.39, 0.29) is 29.5 Å². The molecule has 2 aliphatic heterocycles. The highest BCUT2D eigenvalue weighted by atomic mass is 32.2. The minimum atomic E-state index is -3.13. The topological polar surface area (TPSA) is 79.4 Å². The van der Waals surface area contributed by atoms with Crippen LogP contribution in [0.25, 0.3) is 10.6 Å². The third kappa shape index (κ3) is 4.23. The molecule has 0 aliphatic carbocycles. The molecule has 1 amide bonds. The highest BCUT2D eigenvalue weighted by Gasteiger charge is 2.42. The Kier molecular flexibility index (Phi) is 5.29. The van der Waals surface area contributed by atoms with Crippen LogP contribution in [0, 0.1) is 0 Å². The summed E-state index contributed by atoms with van der Waals surface area (Å²) >= 11 is 1.33. The molecule has 27 heavy (non-hydrogen) atoms. The Morgan fingerprint density at radius 1 is 1.11 bits per heavy atom. The Labute approximate surface area is 163 Å². The van der Waals surface area contributed by atoms with Gasteiger partial charge in [-0.25, -0.2) is 13.4 Å². The Balaban J connectivity index is 1.48. The zero-order valence-corrected chi connectivity index (χ0v) is 16.6. The first kappa shape index (κ1) is 18.6. The molecule has 2 aromatic rings. The van der Waals surface area contributed by atoms with Gasteiger partial charge in [-0.2, -0.15) is 0 Å². The average Bonchev–Trinajstić information content (AvgIpc) is 3.28. The van der Waals surface area contributed by atoms with Gasteiger partial charge in [-0.05, 0) is 25.9 Å². The Bertz CT molecular complexity index is 905. The number of piperidine rings is 1. The third-order valence-corrected chi connectivity index (χ3v) is 8.01. The number of nitrogens with zero attached hydrogens (tertiary/aromatic N) is 2. The van der Waals surface area contributed by atoms with Gasteiger partial charge in [0.2, 0.25) is 0 Å². The highest BCUT2D eigenvalue weighted by Crippen LogP contribution is 2.26. The fraction of sp³-hybridized carbons (Fsp3) is 0.474. The van der Waals surface area contributed by atoms with Crippen molar-refractivity contribution in [1.29, 1.82) is 0 Å². The molecule has 2 fully saturated rings. The summed E-state index contributed by atoms with van der Waals surface area (Å²) in [5.41, 5.74) is 0.969. The van der Waals surface area contributed by atoms with Gasteiger partial charge < -0.3 is 5.32 Å². The van der Waals surface area contributed by atoms with E-state index in [2.05, 4.69) is 15.2 Å². The quantitative estimate of drug-likeness (QED) is 0.844. The van der Waals surface area contributed by atoms with E-state index in [0.717, 1.165) is 36.5 Å². The van der Waals surface area contributed by atoms with E-state index in [4.69, 9.17) is 0 Å². The molecule has 1 aromatic heterocycles. The van der Waals surface area contributed by atoms with Crippen molar-refractivity contribution in [3.8, 4) is 10.6 Å². The Morgan fingerprint density at radius 3 is 2.59 bits per heavy atom. The number of benzene rings is 1. The summed E-state index contributed by atoms with van der Waals surface area (Å²) in [6, 6.07) is 9.23. The van der Waals surface area contributed by atoms with Crippen molar-refractivity contribution in [3.05, 3.63) is 41.4 Å². The van der Waals surface area contributed by atoms with Crippen LogP contribution in [0.4, 0.5) is 0 Å². The summed E-state index contributed by atoms with van der Waals surface area (Å²) in [5.74, 6) is -0.0843. The molecule has 2 unspecified atom stereocenters. The molecule has 144 valence electrons. The summed E-state index contributed by atoms with van der Waals surface area (Å²) in [6.07, 6.45) is 4.94. The van der Waals surface area contributed by atoms with Gasteiger partial charge in [-0.3, -0.25) is 9.69 Å². The smallest absolute Gasteiger partial charge is 0.263 e. The van der Waals surface area contributed by atoms with Crippen molar-refractivity contribution in [2.24, 2.45) is 0 Å². The van der Waals surface area contributed by atoms with Gasteiger partial charge in [0.1, 0.15) is 9.88 Å². The van der Waals surface area contributed by atoms with Crippen LogP contribution >= 0.6 is 11.3 Å². The molecule has 0 saturated carbocycles. The second kappa shape index (κ2) is 7.69. The maximum Gasteiger partial charge on any atom is 0.263 e. The molecular formula is C19H23N3O3S2. The van der Waals surface area contributed by atoms with E-state index in [9.17, 15) is 13.2 Å². The van der Waals surface area contributed by atoms with Crippen LogP contribution in [0.3, 0.4) is 0 Å². The predicted octanol–water partition coefficient (Wildman–Crippen LogP) is 2.19. The number of sulfone groups is 1. The van der Waals surface area contributed by atoms with E-state index >= 15 is 0 Å². The lowest BCUT2D eigenvalue weighted by molar-refractivity contribution is 0.0904. The summed E-state index contributed by atoms with van der Waals surface area (Å²) in [5, 5.41) is 3.76. The molecule has 1 aromatic carbocycles. The largest absolute Gasteiger partial charge is 0.346 e. The molecule has 0 spiro atoms. The Morgan fingerprint density at radius 2 is 1.85 bits per heavy atom. The van der Waals surface area contributed by atoms with Crippen LogP contribution in [-0.4, -0.2) is 60.9 Å². The zero-order chi connectivity index (χ0) is 18.9. The number of carbonyl (C=O) groups is 1. The first-order chi connectivity index (χ1) is 13.0. The van der Waals surface area contributed by atoms with Crippen molar-refractivity contribution in [2.75, 3.05) is 24.6 Å². The van der Waals surface area contributed by atoms with E-state index in [1.807, 2.05) is 30.3 Å². The van der Waals surface area contributed by atoms with Gasteiger partial charge in [0.15, 0.2) is 9.84 Å². The molecule has 2 aliphatic rings. The molecule has 2 saturated heterocycles. The second-order valence-electron chi connectivity index (χ2n) is 7.22. The summed E-state index contributed by atoms with van der Waals surface area (Å²) in [7, 11) is -3.13. The van der Waals surface area contributed by atoms with E-state index < -0.39 is 9.84 Å². The van der Waals surface area contributed by atoms with Crippen LogP contribution in [0.15, 0.2) is 36.5 Å². The number of thiazole rings is 1. The van der Waals surface area contributed by atoms with Crippen molar-refractivity contribution >= 4 is 27.1 Å². The SMILES string of the molecule is O=C(NC1CS(=O)(=O)CC1N1CCCCC1)c1cnc(-c2ccccc2)s1. The Hall–Kier alpha value is -1.77. The van der Waals surface area contributed by atoms with Gasteiger partial charge >= 0.3 is 0 Å². The first-order valence-electron chi connectivity index (χ1n) is 9.28. The first-order valence-corrected chi connectivity index (χ1v) is 11.9. The third-order valence-electron chi connectivity index (χ3n) is 5.25. The maximum atomic E-state index is 12.7. The number of aromatic nitrogens is 1. The predicted molar refractivity (Wildman–Crippen MR) is 107 cm³/mol. The molecule has 4 rings (SSSR count). The molecule has 8 heteroatoms. The standard InChI is InChI=1S/C19H23N3O3S2/c23-18(17-11-20-19(26-17)14-7-3-1-4-8-14)21-15-12-27(24,25)13-16(15)22-9-5-2-6-10-22/h1,3-4,7-8,11,15-16H,2,5-6,9-10,12-13H2,(H,21,23). The molecule has 6 nitrogen and oxygen atoms in total. The van der Waals surface area contributed by atoms with Crippen molar-refractivity contribution in [2.45, 2.75) is 31.3 Å². The van der Waals surface area contributed by atoms with Gasteiger partial charge in [-0.15, -0.1) is 11.3 Å². The van der Waals surface area contributed by atoms with E-state index in [1.54, 1.807) is 6.20 Å². The lowest BCUT2D eigenvalue weighted by Gasteiger charge is -2.34. The molecule has 0 bridgehead atoms. The maximum absolute atomic E-state index is 12.7. The van der Waals surface area contributed by atoms with Gasteiger partial charge in [0.05, 0.1) is 23.7 Å². The number of hydrogen-bond acceptors (Lipinski definition) is 6. The van der Waals surface area contributed by atoms with Crippen LogP contribution in [0.1, 0.15) is 28.9 Å². The summed E-state index contributed by atoms with van der Waals surface area (Å²) < 4.78 is 24.4. The number of nitrogens with one attached hydrogen (secondary N) is 1. The van der Waals surface area contributed by atoms with Gasteiger partial charge in [0, 0.05) is 11.6 Å². The number of amides is 1. The number of likely N-dealkylation sites (tertiary alicyclic amines) is 1. The fourth-order valence-corrected chi connectivity index (χ4v) is 6.69. The molecule has 2 atom stereocenters. The van der Waals surface area contributed by atoms with Crippen molar-refractivity contribution < 1.29 is 13.2 Å². The fourth-order valence-electron chi connectivity index (χ4n) is 3.91. The van der Waals surface area contributed by atoms with Gasteiger partial charge in [0.25, 0.3) is 5.91 Å². The normalized spacial score (nSPS) is 25.3. The van der Waals surface area contributed by atoms with E-state index in [0.29, 0.717) is 4.88 Å². The number of hydrogen-bond donors (Lipinski definition) is 1. The van der Waals surface area contributed by atoms with Crippen molar-refractivity contribution in [3.63, 3.8) is 0 Å². The number of carbonyl (C=O) groups excluding carboxylic acids is 1. The number of rotatable bonds is 4.